The van der Waals surface area contributed by atoms with E-state index in [1.807, 2.05) is 0 Å². The van der Waals surface area contributed by atoms with E-state index in [9.17, 15) is 0 Å². The van der Waals surface area contributed by atoms with E-state index < -0.39 is 0 Å². The Bertz CT molecular complexity index is 367. The van der Waals surface area contributed by atoms with Gasteiger partial charge in [0.2, 0.25) is 0 Å². The third-order valence-corrected chi connectivity index (χ3v) is 4.49. The summed E-state index contributed by atoms with van der Waals surface area (Å²) in [5.74, 6) is 0. The van der Waals surface area contributed by atoms with Crippen molar-refractivity contribution in [2.75, 3.05) is 13.1 Å². The van der Waals surface area contributed by atoms with Gasteiger partial charge in [-0.05, 0) is 53.7 Å². The van der Waals surface area contributed by atoms with E-state index in [0.29, 0.717) is 18.2 Å². The van der Waals surface area contributed by atoms with Crippen LogP contribution in [0.3, 0.4) is 0 Å². The van der Waals surface area contributed by atoms with Gasteiger partial charge in [-0.1, -0.05) is 18.2 Å². The molecule has 0 aromatic rings. The first kappa shape index (κ1) is 15.6. The van der Waals surface area contributed by atoms with Crippen LogP contribution in [-0.2, 0) is 0 Å². The minimum Gasteiger partial charge on any atom is -0.375 e. The maximum atomic E-state index is 3.86. The monoisotopic (exact) mass is 277 g/mol. The van der Waals surface area contributed by atoms with E-state index in [1.54, 1.807) is 0 Å². The molecule has 1 N–H and O–H groups in total. The van der Waals surface area contributed by atoms with Gasteiger partial charge in [0.05, 0.1) is 6.17 Å². The van der Waals surface area contributed by atoms with Gasteiger partial charge in [-0.25, -0.2) is 0 Å². The summed E-state index contributed by atoms with van der Waals surface area (Å²) in [6, 6.07) is 1.26. The first-order valence-corrected chi connectivity index (χ1v) is 8.00. The van der Waals surface area contributed by atoms with E-state index in [2.05, 4.69) is 74.2 Å². The van der Waals surface area contributed by atoms with Crippen LogP contribution in [0.25, 0.3) is 0 Å². The number of hydrogen-bond acceptors (Lipinski definition) is 3. The minimum atomic E-state index is 0.221. The summed E-state index contributed by atoms with van der Waals surface area (Å²) in [5.41, 5.74) is 0.221. The van der Waals surface area contributed by atoms with Gasteiger partial charge in [-0.15, -0.1) is 0 Å². The van der Waals surface area contributed by atoms with Gasteiger partial charge in [-0.3, -0.25) is 10.2 Å². The largest absolute Gasteiger partial charge is 0.375 e. The van der Waals surface area contributed by atoms with Crippen LogP contribution in [0.5, 0.6) is 0 Å². The summed E-state index contributed by atoms with van der Waals surface area (Å²) >= 11 is 0. The quantitative estimate of drug-likeness (QED) is 0.800. The van der Waals surface area contributed by atoms with Gasteiger partial charge in [0, 0.05) is 30.7 Å². The second-order valence-electron chi connectivity index (χ2n) is 7.15. The van der Waals surface area contributed by atoms with Crippen molar-refractivity contribution in [3.63, 3.8) is 0 Å². The molecule has 3 nitrogen and oxygen atoms in total. The average molecular weight is 277 g/mol. The van der Waals surface area contributed by atoms with Crippen molar-refractivity contribution in [1.29, 1.82) is 0 Å². The van der Waals surface area contributed by atoms with Crippen LogP contribution in [0.1, 0.15) is 47.5 Å². The Labute approximate surface area is 124 Å². The van der Waals surface area contributed by atoms with Crippen LogP contribution in [-0.4, -0.2) is 46.7 Å². The van der Waals surface area contributed by atoms with Gasteiger partial charge in [0.15, 0.2) is 0 Å². The first-order chi connectivity index (χ1) is 9.41. The van der Waals surface area contributed by atoms with Crippen molar-refractivity contribution in [3.05, 3.63) is 24.4 Å². The maximum Gasteiger partial charge on any atom is 0.0799 e. The van der Waals surface area contributed by atoms with Crippen LogP contribution >= 0.6 is 0 Å². The highest BCUT2D eigenvalue weighted by Gasteiger charge is 2.32. The zero-order chi connectivity index (χ0) is 14.8. The third kappa shape index (κ3) is 3.64. The number of nitrogens with one attached hydrogen (secondary N) is 1. The van der Waals surface area contributed by atoms with Crippen LogP contribution in [0.2, 0.25) is 0 Å². The molecule has 2 heterocycles. The zero-order valence-electron chi connectivity index (χ0n) is 13.8. The lowest BCUT2D eigenvalue weighted by molar-refractivity contribution is 0.0919. The summed E-state index contributed by atoms with van der Waals surface area (Å²) in [6.45, 7) is 13.6. The molecular weight excluding hydrogens is 246 g/mol. The highest BCUT2D eigenvalue weighted by Crippen LogP contribution is 2.23. The Kier molecular flexibility index (Phi) is 4.92. The topological polar surface area (TPSA) is 18.5 Å². The molecule has 20 heavy (non-hydrogen) atoms. The molecule has 1 unspecified atom stereocenters. The zero-order valence-corrected chi connectivity index (χ0v) is 13.8. The van der Waals surface area contributed by atoms with Crippen molar-refractivity contribution in [2.45, 2.75) is 71.2 Å². The molecule has 0 aromatic heterocycles. The van der Waals surface area contributed by atoms with Crippen molar-refractivity contribution >= 4 is 0 Å². The fourth-order valence-corrected chi connectivity index (χ4v) is 3.35. The van der Waals surface area contributed by atoms with E-state index in [0.717, 1.165) is 13.1 Å². The number of nitrogens with zero attached hydrogens (tertiary/aromatic N) is 2. The van der Waals surface area contributed by atoms with Crippen molar-refractivity contribution in [1.82, 2.24) is 15.1 Å². The molecule has 0 radical (unpaired) electrons. The van der Waals surface area contributed by atoms with Crippen LogP contribution in [0.15, 0.2) is 24.4 Å². The number of piperidine rings is 1. The summed E-state index contributed by atoms with van der Waals surface area (Å²) in [4.78, 5) is 5.00. The predicted molar refractivity (Wildman–Crippen MR) is 86.5 cm³/mol. The Balaban J connectivity index is 1.90. The molecule has 114 valence electrons. The Morgan fingerprint density at radius 3 is 2.65 bits per heavy atom. The van der Waals surface area contributed by atoms with Gasteiger partial charge >= 0.3 is 0 Å². The summed E-state index contributed by atoms with van der Waals surface area (Å²) < 4.78 is 0. The van der Waals surface area contributed by atoms with Gasteiger partial charge in [0.1, 0.15) is 0 Å². The molecule has 1 fully saturated rings. The molecule has 0 amide bonds. The fraction of sp³-hybridized carbons (Fsp3) is 0.765. The van der Waals surface area contributed by atoms with Gasteiger partial charge < -0.3 is 4.90 Å². The Hall–Kier alpha value is -0.800. The predicted octanol–water partition coefficient (Wildman–Crippen LogP) is 2.96. The highest BCUT2D eigenvalue weighted by atomic mass is 15.3. The van der Waals surface area contributed by atoms with E-state index in [4.69, 9.17) is 0 Å². The maximum absolute atomic E-state index is 3.86. The normalized spacial score (nSPS) is 32.5. The number of likely N-dealkylation sites (tertiary alicyclic amines) is 1. The van der Waals surface area contributed by atoms with Crippen molar-refractivity contribution < 1.29 is 0 Å². The summed E-state index contributed by atoms with van der Waals surface area (Å²) in [7, 11) is 0. The van der Waals surface area contributed by atoms with Gasteiger partial charge in [-0.2, -0.15) is 0 Å². The minimum absolute atomic E-state index is 0.221. The van der Waals surface area contributed by atoms with Crippen LogP contribution in [0, 0.1) is 0 Å². The molecule has 3 heteroatoms. The molecule has 2 aliphatic rings. The molecule has 0 saturated carbocycles. The molecule has 2 aliphatic heterocycles. The molecule has 0 bridgehead atoms. The Morgan fingerprint density at radius 1 is 1.30 bits per heavy atom. The third-order valence-electron chi connectivity index (χ3n) is 4.49. The smallest absolute Gasteiger partial charge is 0.0799 e. The number of allylic oxidation sites excluding steroid dienone is 1. The van der Waals surface area contributed by atoms with Gasteiger partial charge in [0.25, 0.3) is 0 Å². The molecule has 3 atom stereocenters. The van der Waals surface area contributed by atoms with Crippen molar-refractivity contribution in [2.24, 2.45) is 0 Å². The SMILES string of the molecule is CC=CN1CC[C@@H](NC2C=CCN2C(C)(C)C)C[C@H]1C. The number of hydrogen-bond donors (Lipinski definition) is 1. The Morgan fingerprint density at radius 2 is 2.05 bits per heavy atom. The molecule has 0 aromatic carbocycles. The van der Waals surface area contributed by atoms with Crippen LogP contribution < -0.4 is 5.32 Å². The molecule has 0 aliphatic carbocycles. The van der Waals surface area contributed by atoms with E-state index in [1.165, 1.54) is 12.8 Å². The second kappa shape index (κ2) is 6.31. The molecule has 1 saturated heterocycles. The van der Waals surface area contributed by atoms with E-state index >= 15 is 0 Å². The molecular formula is C17H31N3. The second-order valence-corrected chi connectivity index (χ2v) is 7.15. The summed E-state index contributed by atoms with van der Waals surface area (Å²) in [5, 5.41) is 3.86. The first-order valence-electron chi connectivity index (χ1n) is 8.00. The summed E-state index contributed by atoms with van der Waals surface area (Å²) in [6.07, 6.45) is 11.9. The molecule has 0 spiro atoms. The lowest BCUT2D eigenvalue weighted by Gasteiger charge is -2.42. The average Bonchev–Trinajstić information content (AvgIpc) is 2.81. The standard InChI is InChI=1S/C17H31N3/c1-6-10-19-12-9-15(13-14(19)2)18-16-8-7-11-20(16)17(3,4)5/h6-8,10,14-16,18H,9,11-13H2,1-5H3/t14-,15-,16?/m1/s1. The fourth-order valence-electron chi connectivity index (χ4n) is 3.35. The van der Waals surface area contributed by atoms with Crippen molar-refractivity contribution in [3.8, 4) is 0 Å². The molecule has 2 rings (SSSR count). The number of rotatable bonds is 3. The van der Waals surface area contributed by atoms with Crippen LogP contribution in [0.4, 0.5) is 0 Å². The lowest BCUT2D eigenvalue weighted by Crippen LogP contribution is -2.56. The lowest BCUT2D eigenvalue weighted by atomic mass is 9.98. The van der Waals surface area contributed by atoms with E-state index in [-0.39, 0.29) is 5.54 Å². The highest BCUT2D eigenvalue weighted by molar-refractivity contribution is 5.07.